The van der Waals surface area contributed by atoms with Crippen molar-refractivity contribution in [2.24, 2.45) is 0 Å². The average molecular weight is 1540 g/mol. The fourth-order valence-corrected chi connectivity index (χ4v) is 17.0. The highest BCUT2D eigenvalue weighted by atomic mass is 16.5. The first kappa shape index (κ1) is 68.8. The van der Waals surface area contributed by atoms with Crippen LogP contribution in [0.2, 0.25) is 0 Å². The van der Waals surface area contributed by atoms with Gasteiger partial charge in [-0.1, -0.05) is 76.2 Å². The van der Waals surface area contributed by atoms with E-state index in [1.54, 1.807) is 48.5 Å². The van der Waals surface area contributed by atoms with Gasteiger partial charge in [-0.05, 0) is 98.5 Å². The van der Waals surface area contributed by atoms with E-state index >= 15 is 0 Å². The van der Waals surface area contributed by atoms with E-state index in [0.717, 1.165) is 44.5 Å². The maximum atomic E-state index is 12.0. The lowest BCUT2D eigenvalue weighted by atomic mass is 9.77. The largest absolute Gasteiger partial charge is 0.478 e. The van der Waals surface area contributed by atoms with Gasteiger partial charge in [0.2, 0.25) is 0 Å². The second kappa shape index (κ2) is 26.2. The van der Waals surface area contributed by atoms with Crippen molar-refractivity contribution < 1.29 is 77.5 Å². The molecule has 0 fully saturated rings. The molecular weight excluding hydrogens is 1470 g/mol. The van der Waals surface area contributed by atoms with Gasteiger partial charge < -0.3 is 78.3 Å². The Balaban J connectivity index is 0.850. The normalized spacial score (nSPS) is 15.7. The summed E-state index contributed by atoms with van der Waals surface area (Å²) in [4.78, 5) is 82.4. The van der Waals surface area contributed by atoms with Crippen molar-refractivity contribution in [3.8, 4) is 138 Å². The average Bonchev–Trinajstić information content (AvgIpc) is 1.36. The molecule has 24 nitrogen and oxygen atoms in total. The number of hydrogen-bond donors (Lipinski definition) is 8. The van der Waals surface area contributed by atoms with Crippen molar-refractivity contribution in [2.75, 3.05) is 0 Å². The zero-order valence-corrected chi connectivity index (χ0v) is 62.1. The minimum atomic E-state index is -1.06. The molecule has 0 spiro atoms. The van der Waals surface area contributed by atoms with Crippen LogP contribution in [-0.2, 0) is 0 Å². The molecule has 4 atom stereocenters. The Morgan fingerprint density at radius 3 is 0.586 bits per heavy atom. The molecule has 4 unspecified atom stereocenters. The van der Waals surface area contributed by atoms with Crippen LogP contribution in [0.25, 0.3) is 89.7 Å². The second-order valence-electron chi connectivity index (χ2n) is 29.5. The molecule has 568 valence electrons. The molecule has 1 aliphatic carbocycles. The van der Waals surface area contributed by atoms with Gasteiger partial charge in [0.1, 0.15) is 69.3 Å². The Bertz CT molecular complexity index is 5850. The number of aromatic carboxylic acids is 4. The van der Waals surface area contributed by atoms with Crippen molar-refractivity contribution in [2.45, 2.75) is 77.0 Å². The Morgan fingerprint density at radius 2 is 0.422 bits per heavy atom. The third-order valence-electron chi connectivity index (χ3n) is 22.8. The zero-order chi connectivity index (χ0) is 78.8. The van der Waals surface area contributed by atoms with Crippen LogP contribution in [-0.4, -0.2) is 84.2 Å². The molecular formula is C92H64N8O16. The number of aromatic nitrogens is 8. The van der Waals surface area contributed by atoms with Gasteiger partial charge in [-0.3, -0.25) is 0 Å². The molecule has 8 N–H and O–H groups in total. The van der Waals surface area contributed by atoms with Gasteiger partial charge in [0, 0.05) is 163 Å². The highest BCUT2D eigenvalue weighted by Crippen LogP contribution is 2.60. The Hall–Kier alpha value is -15.2. The van der Waals surface area contributed by atoms with E-state index in [1.807, 2.05) is 72.8 Å². The first-order valence-electron chi connectivity index (χ1n) is 38.1. The van der Waals surface area contributed by atoms with Gasteiger partial charge in [-0.25, -0.2) is 39.1 Å². The molecule has 5 aliphatic rings. The summed E-state index contributed by atoms with van der Waals surface area (Å²) in [5.74, 6) is 1.74. The minimum Gasteiger partial charge on any atom is -0.478 e. The van der Waals surface area contributed by atoms with Crippen LogP contribution in [0.1, 0.15) is 163 Å². The van der Waals surface area contributed by atoms with Crippen LogP contribution in [0.5, 0.6) is 92.0 Å². The van der Waals surface area contributed by atoms with Crippen LogP contribution < -0.4 is 37.9 Å². The number of hydrogen-bond acceptors (Lipinski definition) is 16. The van der Waals surface area contributed by atoms with Gasteiger partial charge in [-0.15, -0.1) is 0 Å². The number of fused-ring (bicyclic) bond motifs is 8. The highest BCUT2D eigenvalue weighted by molar-refractivity contribution is 5.93. The molecule has 8 heterocycles. The van der Waals surface area contributed by atoms with E-state index in [1.165, 1.54) is 48.5 Å². The summed E-state index contributed by atoms with van der Waals surface area (Å²) in [7, 11) is 0. The van der Waals surface area contributed by atoms with E-state index in [2.05, 4.69) is 71.9 Å². The Labute approximate surface area is 657 Å². The molecule has 24 heteroatoms. The number of ether oxygens (including phenoxy) is 8. The van der Waals surface area contributed by atoms with Crippen LogP contribution in [0, 0.1) is 0 Å². The summed E-state index contributed by atoms with van der Waals surface area (Å²) in [6.45, 7) is 8.56. The SMILES string of the molecule is CCC1c2cc3c4cc2Oc2cc5nc(-c6ccc(C(=O)O)cc6)[nH]c5cc2Oc2cc5c(cc21)C(CC)c1cc2c(cc1Oc1cc6[nH]c(-c7ccc(C(=O)O)cc7)nc6cc1O5)Oc1cc5[nH]c(-c6ccc(C(=O)O)cc6)nc5cc1Oc1cc(c(cc1C2CC)C3CC)Oc1cc2[nH]c(-c3ccc(C(=O)O)cc3)nc2cc1O4. The highest BCUT2D eigenvalue weighted by Gasteiger charge is 2.39. The number of rotatable bonds is 12. The van der Waals surface area contributed by atoms with Crippen molar-refractivity contribution >= 4 is 68.0 Å². The number of aromatic amines is 4. The van der Waals surface area contributed by atoms with E-state index in [9.17, 15) is 39.6 Å². The van der Waals surface area contributed by atoms with Crippen molar-refractivity contribution in [3.05, 3.63) is 261 Å². The van der Waals surface area contributed by atoms with Crippen molar-refractivity contribution in [3.63, 3.8) is 0 Å². The van der Waals surface area contributed by atoms with Crippen molar-refractivity contribution in [1.82, 2.24) is 39.9 Å². The lowest BCUT2D eigenvalue weighted by molar-refractivity contribution is 0.0686. The number of benzene rings is 12. The number of H-pyrrole nitrogens is 4. The molecule has 21 rings (SSSR count). The Morgan fingerprint density at radius 1 is 0.250 bits per heavy atom. The van der Waals surface area contributed by atoms with E-state index < -0.39 is 47.5 Å². The summed E-state index contributed by atoms with van der Waals surface area (Å²) in [6, 6.07) is 57.2. The zero-order valence-electron chi connectivity index (χ0n) is 62.1. The van der Waals surface area contributed by atoms with E-state index in [4.69, 9.17) is 57.8 Å². The monoisotopic (exact) mass is 1540 g/mol. The maximum Gasteiger partial charge on any atom is 0.335 e. The number of carboxylic acids is 4. The molecule has 4 aliphatic heterocycles. The first-order valence-corrected chi connectivity index (χ1v) is 38.1. The fourth-order valence-electron chi connectivity index (χ4n) is 17.0. The van der Waals surface area contributed by atoms with E-state index in [0.29, 0.717) is 207 Å². The van der Waals surface area contributed by atoms with Gasteiger partial charge in [0.15, 0.2) is 46.0 Å². The third kappa shape index (κ3) is 11.3. The topological polar surface area (TPSA) is 338 Å². The molecule has 0 saturated carbocycles. The first-order chi connectivity index (χ1) is 56.4. The van der Waals surface area contributed by atoms with Gasteiger partial charge in [0.25, 0.3) is 0 Å². The standard InChI is InChI=1S/C92H64N8O16/c1-5-49-53-25-55-50(6-2)57-27-59-52(8-4)60-28-58-51(7-3)56-26-54(49)70-38-72(56)112-80-32-64-66(98-87(96-64)43-13-21-47(22-14-43)91(105)106)34-82(80)114-74(58)40-76(60)116-84-36-68-67(99-88(100-68)44-15-23-48(24-16-44)92(107)108)35-83(84)115-75(59)39-73(57)113-81-33-65-63(95-86(97-65)42-11-19-46(20-12-42)90(103)104)31-79(81)111-71(55)37-69(53)109-77-29-61-62(30-78(77)110-70)94-85(93-61)41-9-17-45(18-10-41)89(101)102/h9-40,49-52H,5-8H2,1-4H3,(H,93,94)(H,95,97)(H,96,98)(H,99,100)(H,101,102)(H,103,104)(H,105,106)(H,107,108). The predicted molar refractivity (Wildman–Crippen MR) is 429 cm³/mol. The fraction of sp³-hybridized carbons (Fsp3) is 0.130. The lowest BCUT2D eigenvalue weighted by Crippen LogP contribution is -2.12. The molecule has 12 aromatic carbocycles. The maximum absolute atomic E-state index is 12.0. The van der Waals surface area contributed by atoms with Gasteiger partial charge in [-0.2, -0.15) is 0 Å². The molecule has 4 aromatic heterocycles. The van der Waals surface area contributed by atoms with Crippen LogP contribution >= 0.6 is 0 Å². The molecule has 0 amide bonds. The Kier molecular flexibility index (Phi) is 15.5. The quantitative estimate of drug-likeness (QED) is 0.0563. The smallest absolute Gasteiger partial charge is 0.335 e. The summed E-state index contributed by atoms with van der Waals surface area (Å²) in [6.07, 6.45) is 2.08. The summed E-state index contributed by atoms with van der Waals surface area (Å²) < 4.78 is 60.0. The number of carboxylic acid groups (broad SMARTS) is 4. The number of imidazole rings is 4. The molecule has 8 bridgehead atoms. The molecule has 16 aromatic rings. The van der Waals surface area contributed by atoms with Crippen molar-refractivity contribution in [1.29, 1.82) is 0 Å². The second-order valence-corrected chi connectivity index (χ2v) is 29.5. The van der Waals surface area contributed by atoms with Gasteiger partial charge in [0.05, 0.1) is 66.4 Å². The van der Waals surface area contributed by atoms with Gasteiger partial charge >= 0.3 is 23.9 Å². The number of carbonyl (C=O) groups is 4. The predicted octanol–water partition coefficient (Wildman–Crippen LogP) is 22.7. The molecule has 116 heavy (non-hydrogen) atoms. The van der Waals surface area contributed by atoms with E-state index in [-0.39, 0.29) is 22.3 Å². The summed E-state index contributed by atoms with van der Waals surface area (Å²) in [5, 5.41) is 39.4. The molecule has 0 saturated heterocycles. The summed E-state index contributed by atoms with van der Waals surface area (Å²) in [5.41, 5.74) is 13.9. The van der Waals surface area contributed by atoms with Crippen LogP contribution in [0.4, 0.5) is 0 Å². The lowest BCUT2D eigenvalue weighted by Gasteiger charge is -2.29. The minimum absolute atomic E-state index is 0.124. The number of nitrogens with zero attached hydrogens (tertiary/aromatic N) is 4. The number of nitrogens with one attached hydrogen (secondary N) is 4. The van der Waals surface area contributed by atoms with Crippen LogP contribution in [0.3, 0.4) is 0 Å². The summed E-state index contributed by atoms with van der Waals surface area (Å²) >= 11 is 0. The third-order valence-corrected chi connectivity index (χ3v) is 22.8. The van der Waals surface area contributed by atoms with Crippen LogP contribution in [0.15, 0.2) is 194 Å². The molecule has 0 radical (unpaired) electrons.